The molecule has 85 valence electrons. The standard InChI is InChI=1S/C12H21N2O/c15-12(14-7-2-1-3-8-14)9-11-5-4-6-13-10-11/h1,11,13H,2-10H2/t11-/m1/s1. The van der Waals surface area contributed by atoms with Crippen molar-refractivity contribution in [3.63, 3.8) is 0 Å². The number of likely N-dealkylation sites (tertiary alicyclic amines) is 1. The topological polar surface area (TPSA) is 32.3 Å². The molecule has 2 saturated heterocycles. The number of carbonyl (C=O) groups is 1. The molecule has 0 bridgehead atoms. The Morgan fingerprint density at radius 1 is 1.40 bits per heavy atom. The van der Waals surface area contributed by atoms with E-state index in [2.05, 4.69) is 11.7 Å². The Morgan fingerprint density at radius 2 is 2.20 bits per heavy atom. The number of rotatable bonds is 2. The molecule has 3 heteroatoms. The molecule has 0 aliphatic carbocycles. The van der Waals surface area contributed by atoms with E-state index in [0.717, 1.165) is 45.4 Å². The maximum absolute atomic E-state index is 12.0. The fourth-order valence-electron chi connectivity index (χ4n) is 2.47. The summed E-state index contributed by atoms with van der Waals surface area (Å²) in [5, 5.41) is 3.37. The van der Waals surface area contributed by atoms with E-state index in [9.17, 15) is 4.79 Å². The van der Waals surface area contributed by atoms with Gasteiger partial charge in [-0.1, -0.05) is 0 Å². The van der Waals surface area contributed by atoms with E-state index in [-0.39, 0.29) is 0 Å². The van der Waals surface area contributed by atoms with Gasteiger partial charge in [-0.05, 0) is 51.1 Å². The molecule has 1 amide bonds. The molecule has 2 heterocycles. The second kappa shape index (κ2) is 5.50. The van der Waals surface area contributed by atoms with Gasteiger partial charge in [0.1, 0.15) is 0 Å². The average Bonchev–Trinajstić information content (AvgIpc) is 2.31. The van der Waals surface area contributed by atoms with Crippen LogP contribution < -0.4 is 5.32 Å². The van der Waals surface area contributed by atoms with Gasteiger partial charge in [-0.25, -0.2) is 0 Å². The molecule has 2 fully saturated rings. The van der Waals surface area contributed by atoms with Crippen molar-refractivity contribution in [2.24, 2.45) is 5.92 Å². The van der Waals surface area contributed by atoms with Crippen LogP contribution in [0.25, 0.3) is 0 Å². The van der Waals surface area contributed by atoms with E-state index in [1.807, 2.05) is 4.90 Å². The highest BCUT2D eigenvalue weighted by Gasteiger charge is 2.21. The number of hydrogen-bond acceptors (Lipinski definition) is 2. The summed E-state index contributed by atoms with van der Waals surface area (Å²) in [6.45, 7) is 4.05. The number of piperidine rings is 2. The zero-order chi connectivity index (χ0) is 10.5. The Labute approximate surface area is 92.2 Å². The number of carbonyl (C=O) groups excluding carboxylic acids is 1. The van der Waals surface area contributed by atoms with Crippen molar-refractivity contribution in [1.82, 2.24) is 10.2 Å². The minimum Gasteiger partial charge on any atom is -0.343 e. The van der Waals surface area contributed by atoms with Gasteiger partial charge in [0, 0.05) is 19.5 Å². The van der Waals surface area contributed by atoms with Gasteiger partial charge in [-0.15, -0.1) is 0 Å². The molecule has 0 aromatic rings. The lowest BCUT2D eigenvalue weighted by molar-refractivity contribution is -0.132. The third kappa shape index (κ3) is 3.20. The van der Waals surface area contributed by atoms with E-state index in [0.29, 0.717) is 11.8 Å². The highest BCUT2D eigenvalue weighted by molar-refractivity contribution is 5.76. The van der Waals surface area contributed by atoms with Gasteiger partial charge in [0.2, 0.25) is 5.91 Å². The Balaban J connectivity index is 1.74. The lowest BCUT2D eigenvalue weighted by Crippen LogP contribution is -2.39. The van der Waals surface area contributed by atoms with Gasteiger partial charge < -0.3 is 10.2 Å². The third-order valence-corrected chi connectivity index (χ3v) is 3.42. The van der Waals surface area contributed by atoms with Crippen molar-refractivity contribution in [2.75, 3.05) is 26.2 Å². The molecule has 15 heavy (non-hydrogen) atoms. The molecule has 2 rings (SSSR count). The predicted octanol–water partition coefficient (Wildman–Crippen LogP) is 1.20. The Bertz CT molecular complexity index is 206. The second-order valence-electron chi connectivity index (χ2n) is 4.66. The van der Waals surface area contributed by atoms with Crippen molar-refractivity contribution >= 4 is 5.91 Å². The first-order valence-electron chi connectivity index (χ1n) is 6.16. The monoisotopic (exact) mass is 209 g/mol. The van der Waals surface area contributed by atoms with Crippen molar-refractivity contribution in [3.05, 3.63) is 6.42 Å². The number of nitrogens with zero attached hydrogens (tertiary/aromatic N) is 1. The lowest BCUT2D eigenvalue weighted by atomic mass is 9.95. The summed E-state index contributed by atoms with van der Waals surface area (Å²) < 4.78 is 0. The Morgan fingerprint density at radius 3 is 2.87 bits per heavy atom. The normalized spacial score (nSPS) is 27.7. The first kappa shape index (κ1) is 10.9. The average molecular weight is 209 g/mol. The van der Waals surface area contributed by atoms with Crippen molar-refractivity contribution in [3.8, 4) is 0 Å². The molecule has 1 atom stereocenters. The summed E-state index contributed by atoms with van der Waals surface area (Å²) >= 11 is 0. The molecule has 0 aromatic heterocycles. The molecule has 0 saturated carbocycles. The van der Waals surface area contributed by atoms with E-state index in [1.54, 1.807) is 0 Å². The molecule has 1 radical (unpaired) electrons. The van der Waals surface area contributed by atoms with Crippen LogP contribution >= 0.6 is 0 Å². The van der Waals surface area contributed by atoms with Gasteiger partial charge in [0.15, 0.2) is 0 Å². The fourth-order valence-corrected chi connectivity index (χ4v) is 2.47. The first-order valence-corrected chi connectivity index (χ1v) is 6.16. The van der Waals surface area contributed by atoms with Crippen LogP contribution in [0.3, 0.4) is 0 Å². The minimum absolute atomic E-state index is 0.372. The van der Waals surface area contributed by atoms with Gasteiger partial charge in [0.25, 0.3) is 0 Å². The molecular weight excluding hydrogens is 188 g/mol. The quantitative estimate of drug-likeness (QED) is 0.741. The van der Waals surface area contributed by atoms with Crippen molar-refractivity contribution < 1.29 is 4.79 Å². The van der Waals surface area contributed by atoms with Crippen LogP contribution in [-0.4, -0.2) is 37.0 Å². The van der Waals surface area contributed by atoms with Crippen LogP contribution in [0.15, 0.2) is 0 Å². The Hall–Kier alpha value is -0.570. The van der Waals surface area contributed by atoms with Crippen LogP contribution in [0.5, 0.6) is 0 Å². The molecule has 1 N–H and O–H groups in total. The summed E-state index contributed by atoms with van der Waals surface area (Å²) in [5.74, 6) is 0.953. The number of hydrogen-bond donors (Lipinski definition) is 1. The van der Waals surface area contributed by atoms with Crippen LogP contribution in [0.1, 0.15) is 32.1 Å². The van der Waals surface area contributed by atoms with Crippen LogP contribution in [0.2, 0.25) is 0 Å². The molecule has 3 nitrogen and oxygen atoms in total. The van der Waals surface area contributed by atoms with Crippen LogP contribution in [0, 0.1) is 12.3 Å². The van der Waals surface area contributed by atoms with Crippen molar-refractivity contribution in [1.29, 1.82) is 0 Å². The zero-order valence-corrected chi connectivity index (χ0v) is 9.37. The maximum Gasteiger partial charge on any atom is 0.222 e. The molecule has 2 aliphatic heterocycles. The van der Waals surface area contributed by atoms with Gasteiger partial charge in [-0.2, -0.15) is 0 Å². The molecule has 0 spiro atoms. The lowest BCUT2D eigenvalue weighted by Gasteiger charge is -2.29. The van der Waals surface area contributed by atoms with Crippen LogP contribution in [0.4, 0.5) is 0 Å². The third-order valence-electron chi connectivity index (χ3n) is 3.42. The Kier molecular flexibility index (Phi) is 4.01. The smallest absolute Gasteiger partial charge is 0.222 e. The second-order valence-corrected chi connectivity index (χ2v) is 4.66. The van der Waals surface area contributed by atoms with Crippen molar-refractivity contribution in [2.45, 2.75) is 32.1 Å². The first-order chi connectivity index (χ1) is 7.36. The highest BCUT2D eigenvalue weighted by Crippen LogP contribution is 2.17. The minimum atomic E-state index is 0.372. The van der Waals surface area contributed by atoms with Crippen LogP contribution in [-0.2, 0) is 4.79 Å². The van der Waals surface area contributed by atoms with Gasteiger partial charge in [0.05, 0.1) is 0 Å². The predicted molar refractivity (Wildman–Crippen MR) is 60.3 cm³/mol. The highest BCUT2D eigenvalue weighted by atomic mass is 16.2. The molecule has 0 unspecified atom stereocenters. The maximum atomic E-state index is 12.0. The molecular formula is C12H21N2O. The summed E-state index contributed by atoms with van der Waals surface area (Å²) in [6, 6.07) is 0. The number of amides is 1. The van der Waals surface area contributed by atoms with E-state index >= 15 is 0 Å². The SMILES string of the molecule is O=C(C[C@H]1CCCNC1)N1CC[CH]CC1. The molecule has 2 aliphatic rings. The number of nitrogens with one attached hydrogen (secondary N) is 1. The van der Waals surface area contributed by atoms with E-state index in [1.165, 1.54) is 12.8 Å². The summed E-state index contributed by atoms with van der Waals surface area (Å²) in [5.41, 5.74) is 0. The van der Waals surface area contributed by atoms with E-state index in [4.69, 9.17) is 0 Å². The van der Waals surface area contributed by atoms with Gasteiger partial charge in [-0.3, -0.25) is 4.79 Å². The summed E-state index contributed by atoms with van der Waals surface area (Å²) in [6.07, 6.45) is 7.65. The van der Waals surface area contributed by atoms with E-state index < -0.39 is 0 Å². The fraction of sp³-hybridized carbons (Fsp3) is 0.833. The zero-order valence-electron chi connectivity index (χ0n) is 9.37. The largest absolute Gasteiger partial charge is 0.343 e. The summed E-state index contributed by atoms with van der Waals surface area (Å²) in [7, 11) is 0. The van der Waals surface area contributed by atoms with Gasteiger partial charge >= 0.3 is 0 Å². The summed E-state index contributed by atoms with van der Waals surface area (Å²) in [4.78, 5) is 14.0. The molecule has 0 aromatic carbocycles.